The quantitative estimate of drug-likeness (QED) is 0.307. The molecule has 0 aliphatic rings. The lowest BCUT2D eigenvalue weighted by Gasteiger charge is -2.15. The predicted octanol–water partition coefficient (Wildman–Crippen LogP) is 6.95. The Hall–Kier alpha value is -2.61. The summed E-state index contributed by atoms with van der Waals surface area (Å²) in [5.41, 5.74) is 7.27. The van der Waals surface area contributed by atoms with Gasteiger partial charge < -0.3 is 5.11 Å². The molecule has 2 rings (SSSR count). The van der Waals surface area contributed by atoms with E-state index >= 15 is 0 Å². The van der Waals surface area contributed by atoms with E-state index in [0.29, 0.717) is 11.1 Å². The Morgan fingerprint density at radius 2 is 1.54 bits per heavy atom. The molecule has 0 aliphatic heterocycles. The van der Waals surface area contributed by atoms with Crippen molar-refractivity contribution in [2.75, 3.05) is 0 Å². The highest BCUT2D eigenvalue weighted by molar-refractivity contribution is 6.26. The summed E-state index contributed by atoms with van der Waals surface area (Å²) in [6, 6.07) is 12.0. The topological polar surface area (TPSA) is 37.3 Å². The molecule has 28 heavy (non-hydrogen) atoms. The van der Waals surface area contributed by atoms with Crippen LogP contribution in [0.1, 0.15) is 73.9 Å². The van der Waals surface area contributed by atoms with Crippen LogP contribution in [0, 0.1) is 6.92 Å². The lowest BCUT2D eigenvalue weighted by atomic mass is 9.90. The molecule has 0 aromatic heterocycles. The summed E-state index contributed by atoms with van der Waals surface area (Å²) in [6.45, 7) is 13.7. The molecule has 2 aromatic carbocycles. The second-order valence-corrected chi connectivity index (χ2v) is 7.57. The maximum atomic E-state index is 12.5. The highest BCUT2D eigenvalue weighted by Gasteiger charge is 2.19. The van der Waals surface area contributed by atoms with Crippen molar-refractivity contribution in [3.05, 3.63) is 76.4 Å². The van der Waals surface area contributed by atoms with Crippen LogP contribution in [0.3, 0.4) is 0 Å². The molecule has 0 saturated carbocycles. The van der Waals surface area contributed by atoms with Crippen LogP contribution in [0.4, 0.5) is 0 Å². The highest BCUT2D eigenvalue weighted by Crippen LogP contribution is 2.31. The molecule has 2 aromatic rings. The maximum absolute atomic E-state index is 12.5. The Balaban J connectivity index is 2.67. The predicted molar refractivity (Wildman–Crippen MR) is 120 cm³/mol. The summed E-state index contributed by atoms with van der Waals surface area (Å²) in [5, 5.41) is 11.1. The molecule has 0 fully saturated rings. The minimum Gasteiger partial charge on any atom is -0.507 e. The number of carbonyl (C=O) groups excluding carboxylic acids is 1. The fourth-order valence-electron chi connectivity index (χ4n) is 3.57. The van der Waals surface area contributed by atoms with Gasteiger partial charge in [-0.05, 0) is 73.6 Å². The molecule has 2 heteroatoms. The zero-order valence-corrected chi connectivity index (χ0v) is 17.9. The first-order valence-electron chi connectivity index (χ1n) is 10.1. The molecule has 0 amide bonds. The molecule has 0 aliphatic carbocycles. The number of carbonyl (C=O) groups is 1. The van der Waals surface area contributed by atoms with E-state index in [2.05, 4.69) is 26.5 Å². The smallest absolute Gasteiger partial charge is 0.164 e. The van der Waals surface area contributed by atoms with Crippen molar-refractivity contribution in [3.63, 3.8) is 0 Å². The summed E-state index contributed by atoms with van der Waals surface area (Å²) in [4.78, 5) is 12.5. The van der Waals surface area contributed by atoms with Gasteiger partial charge in [0.2, 0.25) is 0 Å². The van der Waals surface area contributed by atoms with E-state index < -0.39 is 0 Å². The van der Waals surface area contributed by atoms with Gasteiger partial charge in [0.25, 0.3) is 0 Å². The van der Waals surface area contributed by atoms with Crippen LogP contribution >= 0.6 is 0 Å². The fourth-order valence-corrected chi connectivity index (χ4v) is 3.57. The van der Waals surface area contributed by atoms with Crippen LogP contribution in [0.15, 0.2) is 43.0 Å². The second kappa shape index (κ2) is 9.54. The van der Waals surface area contributed by atoms with E-state index in [4.69, 9.17) is 0 Å². The Kier molecular flexibility index (Phi) is 7.39. The monoisotopic (exact) mass is 376 g/mol. The van der Waals surface area contributed by atoms with Crippen LogP contribution in [-0.2, 0) is 17.6 Å². The van der Waals surface area contributed by atoms with Crippen molar-refractivity contribution in [3.8, 4) is 0 Å². The molecule has 2 nitrogen and oxygen atoms in total. The zero-order valence-electron chi connectivity index (χ0n) is 17.9. The van der Waals surface area contributed by atoms with Crippen LogP contribution in [0.2, 0.25) is 0 Å². The number of Topliss-reactive ketones (excluding diaryl/α,β-unsaturated/α-hetero) is 1. The van der Waals surface area contributed by atoms with Gasteiger partial charge in [0.1, 0.15) is 5.76 Å². The van der Waals surface area contributed by atoms with E-state index in [1.54, 1.807) is 0 Å². The Morgan fingerprint density at radius 3 is 2.11 bits per heavy atom. The third kappa shape index (κ3) is 4.81. The molecule has 0 radical (unpaired) electrons. The van der Waals surface area contributed by atoms with Gasteiger partial charge in [-0.2, -0.15) is 0 Å². The van der Waals surface area contributed by atoms with E-state index in [0.717, 1.165) is 47.9 Å². The van der Waals surface area contributed by atoms with Crippen LogP contribution in [-0.4, -0.2) is 10.9 Å². The van der Waals surface area contributed by atoms with Gasteiger partial charge in [0, 0.05) is 5.56 Å². The number of rotatable bonds is 8. The number of aryl methyl sites for hydroxylation is 3. The molecule has 148 valence electrons. The first-order chi connectivity index (χ1) is 13.3. The van der Waals surface area contributed by atoms with Gasteiger partial charge in [-0.15, -0.1) is 0 Å². The fraction of sp³-hybridized carbons (Fsp3) is 0.346. The van der Waals surface area contributed by atoms with Crippen molar-refractivity contribution in [1.82, 2.24) is 0 Å². The molecule has 0 saturated heterocycles. The summed E-state index contributed by atoms with van der Waals surface area (Å²) >= 11 is 0. The SMILES string of the molecule is C=C(C)c1ccc(C)c(/C(C(C)=O)=C(/O)c2ccc(CCC)c(CCC)c2)c1. The summed E-state index contributed by atoms with van der Waals surface area (Å²) in [5.74, 6) is -0.0935. The first kappa shape index (κ1) is 21.7. The maximum Gasteiger partial charge on any atom is 0.164 e. The number of benzene rings is 2. The molecule has 0 spiro atoms. The molecule has 0 atom stereocenters. The van der Waals surface area contributed by atoms with Gasteiger partial charge in [0.05, 0.1) is 5.57 Å². The van der Waals surface area contributed by atoms with Crippen molar-refractivity contribution in [2.45, 2.75) is 60.3 Å². The number of aliphatic hydroxyl groups excluding tert-OH is 1. The van der Waals surface area contributed by atoms with Crippen molar-refractivity contribution in [1.29, 1.82) is 0 Å². The highest BCUT2D eigenvalue weighted by atomic mass is 16.3. The van der Waals surface area contributed by atoms with Crippen LogP contribution in [0.5, 0.6) is 0 Å². The molecular weight excluding hydrogens is 344 g/mol. The van der Waals surface area contributed by atoms with Gasteiger partial charge in [0.15, 0.2) is 5.78 Å². The lowest BCUT2D eigenvalue weighted by Crippen LogP contribution is -2.04. The Bertz CT molecular complexity index is 916. The second-order valence-electron chi connectivity index (χ2n) is 7.57. The van der Waals surface area contributed by atoms with E-state index in [1.165, 1.54) is 18.1 Å². The largest absolute Gasteiger partial charge is 0.507 e. The van der Waals surface area contributed by atoms with Crippen LogP contribution < -0.4 is 0 Å². The molecule has 0 unspecified atom stereocenters. The first-order valence-corrected chi connectivity index (χ1v) is 10.1. The van der Waals surface area contributed by atoms with Gasteiger partial charge >= 0.3 is 0 Å². The van der Waals surface area contributed by atoms with Gasteiger partial charge in [-0.3, -0.25) is 4.79 Å². The zero-order chi connectivity index (χ0) is 20.8. The Morgan fingerprint density at radius 1 is 0.929 bits per heavy atom. The minimum absolute atomic E-state index is 0.0508. The van der Waals surface area contributed by atoms with E-state index in [1.807, 2.05) is 44.2 Å². The molecule has 0 bridgehead atoms. The molecule has 0 heterocycles. The number of ketones is 1. The Labute approximate surface area is 169 Å². The number of allylic oxidation sites excluding steroid dienone is 2. The number of aliphatic hydroxyl groups is 1. The lowest BCUT2D eigenvalue weighted by molar-refractivity contribution is -0.111. The molecule has 1 N–H and O–H groups in total. The summed E-state index contributed by atoms with van der Waals surface area (Å²) < 4.78 is 0. The van der Waals surface area contributed by atoms with E-state index in [9.17, 15) is 9.90 Å². The van der Waals surface area contributed by atoms with E-state index in [-0.39, 0.29) is 11.5 Å². The van der Waals surface area contributed by atoms with Gasteiger partial charge in [-0.25, -0.2) is 0 Å². The third-order valence-electron chi connectivity index (χ3n) is 5.11. The van der Waals surface area contributed by atoms with Crippen LogP contribution in [0.25, 0.3) is 16.9 Å². The third-order valence-corrected chi connectivity index (χ3v) is 5.11. The van der Waals surface area contributed by atoms with Gasteiger partial charge in [-0.1, -0.05) is 63.1 Å². The average molecular weight is 377 g/mol. The number of hydrogen-bond donors (Lipinski definition) is 1. The average Bonchev–Trinajstić information content (AvgIpc) is 2.64. The molecular formula is C26H32O2. The van der Waals surface area contributed by atoms with Crippen molar-refractivity contribution >= 4 is 22.7 Å². The normalized spacial score (nSPS) is 11.9. The number of hydrogen-bond acceptors (Lipinski definition) is 2. The van der Waals surface area contributed by atoms with Crippen molar-refractivity contribution in [2.24, 2.45) is 0 Å². The minimum atomic E-state index is -0.144. The summed E-state index contributed by atoms with van der Waals surface area (Å²) in [7, 11) is 0. The standard InChI is InChI=1S/C26H32O2/c1-7-9-20-13-14-23(15-22(20)10-8-2)26(28)25(19(6)27)24-16-21(17(3)4)12-11-18(24)5/h11-16,28H,3,7-10H2,1-2,4-6H3/b26-25+. The van der Waals surface area contributed by atoms with Crippen molar-refractivity contribution < 1.29 is 9.90 Å². The summed E-state index contributed by atoms with van der Waals surface area (Å²) in [6.07, 6.45) is 4.13.